The van der Waals surface area contributed by atoms with Crippen LogP contribution in [-0.4, -0.2) is 263 Å². The van der Waals surface area contributed by atoms with Gasteiger partial charge in [-0.25, -0.2) is 0 Å². The van der Waals surface area contributed by atoms with Gasteiger partial charge in [-0.2, -0.15) is 0 Å². The summed E-state index contributed by atoms with van der Waals surface area (Å²) in [6.07, 6.45) is -46.6. The third kappa shape index (κ3) is 8.41. The van der Waals surface area contributed by atoms with E-state index in [-0.39, 0.29) is 0 Å². The molecule has 11 saturated heterocycles. The largest absolute Gasteiger partial charge is 0.394 e. The standard InChI is InChI=1S/C30H50O25/c31-1-6-24-20(44)25(26(45)47-6)46-5-10-11(35)12(36)16(40)27(51-10)52-21-7(2-32)48-28(17(41)13(21)37)53-22-8(3-33)49-29(18(42)14(22)38)54-23-9(4-34)50-30(55-24)19(43)15(23)39/h6-45H,1-5H2. The summed E-state index contributed by atoms with van der Waals surface area (Å²) in [5.74, 6) is 0. The molecule has 11 aliphatic heterocycles. The van der Waals surface area contributed by atoms with Gasteiger partial charge in [-0.15, -0.1) is 0 Å². The normalized spacial score (nSPS) is 55.6. The molecular formula is C30H50O25. The van der Waals surface area contributed by atoms with Crippen LogP contribution in [0.25, 0.3) is 0 Å². The van der Waals surface area contributed by atoms with Crippen molar-refractivity contribution in [3.8, 4) is 0 Å². The number of hydrogen-bond donors (Lipinski definition) is 15. The first-order chi connectivity index (χ1) is 26.1. The zero-order valence-corrected chi connectivity index (χ0v) is 28.8. The first-order valence-electron chi connectivity index (χ1n) is 17.6. The molecule has 0 aromatic carbocycles. The molecule has 0 aromatic rings. The van der Waals surface area contributed by atoms with Crippen LogP contribution in [0.15, 0.2) is 0 Å². The smallest absolute Gasteiger partial charge is 0.187 e. The van der Waals surface area contributed by atoms with Gasteiger partial charge >= 0.3 is 0 Å². The van der Waals surface area contributed by atoms with Gasteiger partial charge in [-0.3, -0.25) is 0 Å². The first-order valence-corrected chi connectivity index (χ1v) is 17.6. The van der Waals surface area contributed by atoms with Crippen LogP contribution in [0.3, 0.4) is 0 Å². The van der Waals surface area contributed by atoms with Crippen LogP contribution in [-0.2, 0) is 47.4 Å². The van der Waals surface area contributed by atoms with E-state index in [9.17, 15) is 76.6 Å². The highest BCUT2D eigenvalue weighted by atomic mass is 16.8. The summed E-state index contributed by atoms with van der Waals surface area (Å²) in [5, 5.41) is 161. The fraction of sp³-hybridized carbons (Fsp3) is 1.00. The third-order valence-electron chi connectivity index (χ3n) is 10.6. The maximum absolute atomic E-state index is 11.3. The van der Waals surface area contributed by atoms with Crippen molar-refractivity contribution in [2.45, 2.75) is 154 Å². The Hall–Kier alpha value is -1.00. The van der Waals surface area contributed by atoms with Gasteiger partial charge in [0.25, 0.3) is 0 Å². The van der Waals surface area contributed by atoms with Crippen molar-refractivity contribution in [1.82, 2.24) is 0 Å². The predicted molar refractivity (Wildman–Crippen MR) is 163 cm³/mol. The maximum Gasteiger partial charge on any atom is 0.187 e. The summed E-state index contributed by atoms with van der Waals surface area (Å²) >= 11 is 0. The maximum atomic E-state index is 11.3. The Bertz CT molecular complexity index is 1220. The van der Waals surface area contributed by atoms with Crippen molar-refractivity contribution >= 4 is 0 Å². The monoisotopic (exact) mass is 810 g/mol. The molecule has 11 fully saturated rings. The summed E-state index contributed by atoms with van der Waals surface area (Å²) < 4.78 is 56.1. The average molecular weight is 811 g/mol. The van der Waals surface area contributed by atoms with Gasteiger partial charge < -0.3 is 124 Å². The molecule has 25 heteroatoms. The average Bonchev–Trinajstić information content (AvgIpc) is 3.17. The van der Waals surface area contributed by atoms with Crippen molar-refractivity contribution in [2.24, 2.45) is 0 Å². The fourth-order valence-electron chi connectivity index (χ4n) is 7.40. The SMILES string of the molecule is OCC1OC2OC3C(CO)OC(OC4C(CO)OC(OC5C(CO)OC(O)C(OCC6OC(OC1C(O)C2O)C(O)C(O)C6O)C5O)C(O)C4O)C(O)C3O. The highest BCUT2D eigenvalue weighted by Gasteiger charge is 2.57. The van der Waals surface area contributed by atoms with E-state index in [1.165, 1.54) is 0 Å². The van der Waals surface area contributed by atoms with E-state index in [4.69, 9.17) is 47.4 Å². The molecule has 0 spiro atoms. The van der Waals surface area contributed by atoms with Crippen molar-refractivity contribution in [1.29, 1.82) is 0 Å². The van der Waals surface area contributed by atoms with E-state index in [0.29, 0.717) is 0 Å². The van der Waals surface area contributed by atoms with E-state index in [0.717, 1.165) is 0 Å². The van der Waals surface area contributed by atoms with E-state index < -0.39 is 187 Å². The van der Waals surface area contributed by atoms with Crippen LogP contribution in [0.2, 0.25) is 0 Å². The molecule has 15 N–H and O–H groups in total. The van der Waals surface area contributed by atoms with E-state index in [1.54, 1.807) is 0 Å². The summed E-state index contributed by atoms with van der Waals surface area (Å²) in [5.41, 5.74) is 0. The molecule has 25 atom stereocenters. The Balaban J connectivity index is 1.34. The molecule has 11 aliphatic rings. The minimum atomic E-state index is -2.08. The molecule has 0 radical (unpaired) electrons. The van der Waals surface area contributed by atoms with Gasteiger partial charge in [0.15, 0.2) is 31.5 Å². The summed E-state index contributed by atoms with van der Waals surface area (Å²) in [6, 6.07) is 0. The Morgan fingerprint density at radius 1 is 0.309 bits per heavy atom. The summed E-state index contributed by atoms with van der Waals surface area (Å²) in [4.78, 5) is 0. The van der Waals surface area contributed by atoms with E-state index in [2.05, 4.69) is 0 Å². The number of aliphatic hydroxyl groups is 15. The summed E-state index contributed by atoms with van der Waals surface area (Å²) in [6.45, 7) is -4.50. The molecule has 10 bridgehead atoms. The number of hydrogen-bond acceptors (Lipinski definition) is 25. The van der Waals surface area contributed by atoms with E-state index in [1.807, 2.05) is 0 Å². The molecule has 0 saturated carbocycles. The van der Waals surface area contributed by atoms with Crippen molar-refractivity contribution in [3.05, 3.63) is 0 Å². The second-order valence-electron chi connectivity index (χ2n) is 14.1. The predicted octanol–water partition coefficient (Wildman–Crippen LogP) is -10.9. The lowest BCUT2D eigenvalue weighted by atomic mass is 9.95. The molecule has 11 heterocycles. The third-order valence-corrected chi connectivity index (χ3v) is 10.6. The second kappa shape index (κ2) is 18.1. The Morgan fingerprint density at radius 2 is 0.636 bits per heavy atom. The van der Waals surface area contributed by atoms with Crippen LogP contribution in [0, 0.1) is 0 Å². The zero-order chi connectivity index (χ0) is 40.0. The van der Waals surface area contributed by atoms with Crippen LogP contribution in [0.5, 0.6) is 0 Å². The molecule has 0 aromatic heterocycles. The lowest BCUT2D eigenvalue weighted by Crippen LogP contribution is -2.68. The van der Waals surface area contributed by atoms with Crippen LogP contribution < -0.4 is 0 Å². The Kier molecular flexibility index (Phi) is 14.3. The van der Waals surface area contributed by atoms with Gasteiger partial charge in [-0.05, 0) is 0 Å². The van der Waals surface area contributed by atoms with Crippen LogP contribution >= 0.6 is 0 Å². The van der Waals surface area contributed by atoms with Gasteiger partial charge in [0.05, 0.1) is 33.0 Å². The number of ether oxygens (including phenoxy) is 10. The lowest BCUT2D eigenvalue weighted by molar-refractivity contribution is -0.396. The topological polar surface area (TPSA) is 396 Å². The fourth-order valence-corrected chi connectivity index (χ4v) is 7.40. The van der Waals surface area contributed by atoms with E-state index >= 15 is 0 Å². The molecule has 25 unspecified atom stereocenters. The molecule has 55 heavy (non-hydrogen) atoms. The molecule has 25 nitrogen and oxygen atoms in total. The highest BCUT2D eigenvalue weighted by molar-refractivity contribution is 4.99. The number of rotatable bonds is 4. The lowest BCUT2D eigenvalue weighted by Gasteiger charge is -2.50. The molecule has 0 aliphatic carbocycles. The molecular weight excluding hydrogens is 760 g/mol. The Labute approximate surface area is 310 Å². The molecule has 320 valence electrons. The second-order valence-corrected chi connectivity index (χ2v) is 14.1. The Morgan fingerprint density at radius 3 is 1.02 bits per heavy atom. The van der Waals surface area contributed by atoms with Gasteiger partial charge in [-0.1, -0.05) is 0 Å². The van der Waals surface area contributed by atoms with Crippen molar-refractivity contribution in [2.75, 3.05) is 33.0 Å². The van der Waals surface area contributed by atoms with Crippen molar-refractivity contribution < 1.29 is 124 Å². The number of aliphatic hydroxyl groups excluding tert-OH is 15. The quantitative estimate of drug-likeness (QED) is 0.125. The first kappa shape index (κ1) is 43.6. The van der Waals surface area contributed by atoms with Crippen LogP contribution in [0.1, 0.15) is 0 Å². The summed E-state index contributed by atoms with van der Waals surface area (Å²) in [7, 11) is 0. The van der Waals surface area contributed by atoms with Gasteiger partial charge in [0.2, 0.25) is 0 Å². The van der Waals surface area contributed by atoms with Gasteiger partial charge in [0.1, 0.15) is 122 Å². The zero-order valence-electron chi connectivity index (χ0n) is 28.8. The van der Waals surface area contributed by atoms with Crippen molar-refractivity contribution in [3.63, 3.8) is 0 Å². The van der Waals surface area contributed by atoms with Crippen LogP contribution in [0.4, 0.5) is 0 Å². The molecule has 0 amide bonds. The minimum absolute atomic E-state index is 0.785. The van der Waals surface area contributed by atoms with Gasteiger partial charge in [0, 0.05) is 0 Å². The highest BCUT2D eigenvalue weighted by Crippen LogP contribution is 2.36. The minimum Gasteiger partial charge on any atom is -0.394 e. The molecule has 11 rings (SSSR count).